The highest BCUT2D eigenvalue weighted by Crippen LogP contribution is 2.72. The summed E-state index contributed by atoms with van der Waals surface area (Å²) < 4.78 is 34.3. The second-order valence-electron chi connectivity index (χ2n) is 13.9. The van der Waals surface area contributed by atoms with Gasteiger partial charge in [-0.1, -0.05) is 20.8 Å². The lowest BCUT2D eigenvalue weighted by atomic mass is 9.39. The number of terminal acetylenes is 1. The fraction of sp³-hybridized carbons (Fsp3) is 0.926. The van der Waals surface area contributed by atoms with Crippen molar-refractivity contribution < 1.29 is 28.5 Å². The second-order valence-corrected chi connectivity index (χ2v) is 18.3. The van der Waals surface area contributed by atoms with Gasteiger partial charge in [-0.25, -0.2) is 0 Å². The van der Waals surface area contributed by atoms with Crippen LogP contribution in [0.15, 0.2) is 0 Å². The maximum absolute atomic E-state index is 12.1. The summed E-state index contributed by atoms with van der Waals surface area (Å²) in [4.78, 5) is 0. The van der Waals surface area contributed by atoms with Crippen LogP contribution in [0, 0.1) is 29.1 Å². The Hall–Kier alpha value is -0.463. The van der Waals surface area contributed by atoms with E-state index < -0.39 is 48.7 Å². The van der Waals surface area contributed by atoms with Crippen molar-refractivity contribution in [1.29, 1.82) is 0 Å². The first-order valence-corrected chi connectivity index (χ1v) is 16.2. The largest absolute Gasteiger partial charge is 0.407 e. The minimum atomic E-state index is -2.19. The first kappa shape index (κ1) is 26.6. The summed E-state index contributed by atoms with van der Waals surface area (Å²) in [7, 11) is -2.19. The average molecular weight is 495 g/mol. The summed E-state index contributed by atoms with van der Waals surface area (Å²) in [6.07, 6.45) is 6.01. The van der Waals surface area contributed by atoms with Gasteiger partial charge in [-0.2, -0.15) is 0 Å². The molecule has 0 aromatic rings. The third kappa shape index (κ3) is 3.51. The Balaban J connectivity index is 2.10. The molecule has 8 atom stereocenters. The zero-order chi connectivity index (χ0) is 25.8. The third-order valence-corrected chi connectivity index (χ3v) is 9.91. The summed E-state index contributed by atoms with van der Waals surface area (Å²) in [5.74, 6) is 0.982. The molecule has 4 rings (SSSR count). The maximum atomic E-state index is 12.1. The van der Waals surface area contributed by atoms with Crippen LogP contribution < -0.4 is 0 Å². The molecule has 2 saturated carbocycles. The molecule has 194 valence electrons. The lowest BCUT2D eigenvalue weighted by Crippen LogP contribution is -2.88. The molecule has 4 fully saturated rings. The molecule has 1 N–H and O–H groups in total. The van der Waals surface area contributed by atoms with Crippen molar-refractivity contribution in [2.75, 3.05) is 0 Å². The van der Waals surface area contributed by atoms with Crippen LogP contribution in [-0.2, 0) is 23.4 Å². The Morgan fingerprint density at radius 2 is 1.62 bits per heavy atom. The van der Waals surface area contributed by atoms with Crippen LogP contribution in [0.1, 0.15) is 74.7 Å². The molecule has 2 aliphatic carbocycles. The Bertz CT molecular complexity index is 871. The molecule has 2 heterocycles. The third-order valence-electron chi connectivity index (χ3n) is 8.88. The topological polar surface area (TPSA) is 66.4 Å². The molecule has 2 aliphatic heterocycles. The Morgan fingerprint density at radius 3 is 2.18 bits per heavy atom. The van der Waals surface area contributed by atoms with Gasteiger partial charge in [-0.3, -0.25) is 0 Å². The summed E-state index contributed by atoms with van der Waals surface area (Å²) in [5, 5.41) is 12.1. The van der Waals surface area contributed by atoms with Gasteiger partial charge < -0.3 is 28.5 Å². The highest BCUT2D eigenvalue weighted by molar-refractivity contribution is 6.69. The minimum Gasteiger partial charge on any atom is -0.407 e. The zero-order valence-corrected chi connectivity index (χ0v) is 24.1. The first-order chi connectivity index (χ1) is 15.3. The lowest BCUT2D eigenvalue weighted by molar-refractivity contribution is -0.469. The summed E-state index contributed by atoms with van der Waals surface area (Å²) in [6, 6.07) is 0. The molecule has 7 heteroatoms. The molecule has 1 unspecified atom stereocenters. The molecule has 6 nitrogen and oxygen atoms in total. The highest BCUT2D eigenvalue weighted by Gasteiger charge is 2.84. The molecule has 0 bridgehead atoms. The van der Waals surface area contributed by atoms with Crippen LogP contribution >= 0.6 is 0 Å². The fourth-order valence-electron chi connectivity index (χ4n) is 8.36. The minimum absolute atomic E-state index is 0.00707. The SMILES string of the molecule is C#CCC(O)[C@@]12OC(C)(C)O[C@H]3CCC(C)(C)[C@H]([C@@H]4OC(C)(C)O[C@@H]4[C@@]1(C)O[Si](C)(C)C)[C@]32C. The number of fused-ring (bicyclic) bond motifs is 2. The van der Waals surface area contributed by atoms with Gasteiger partial charge in [0.2, 0.25) is 0 Å². The van der Waals surface area contributed by atoms with Gasteiger partial charge >= 0.3 is 0 Å². The smallest absolute Gasteiger partial charge is 0.184 e. The number of aliphatic hydroxyl groups excluding tert-OH is 1. The normalized spacial score (nSPS) is 47.3. The van der Waals surface area contributed by atoms with Crippen LogP contribution in [0.3, 0.4) is 0 Å². The van der Waals surface area contributed by atoms with Gasteiger partial charge in [-0.05, 0) is 72.5 Å². The maximum Gasteiger partial charge on any atom is 0.184 e. The number of aliphatic hydroxyl groups is 1. The van der Waals surface area contributed by atoms with Crippen LogP contribution in [0.25, 0.3) is 0 Å². The van der Waals surface area contributed by atoms with Gasteiger partial charge in [0.25, 0.3) is 0 Å². The van der Waals surface area contributed by atoms with E-state index >= 15 is 0 Å². The molecular weight excluding hydrogens is 448 g/mol. The molecule has 4 aliphatic rings. The number of rotatable bonds is 4. The highest BCUT2D eigenvalue weighted by atomic mass is 28.4. The van der Waals surface area contributed by atoms with Crippen molar-refractivity contribution >= 4 is 8.32 Å². The van der Waals surface area contributed by atoms with Crippen molar-refractivity contribution in [2.24, 2.45) is 16.7 Å². The van der Waals surface area contributed by atoms with E-state index in [4.69, 9.17) is 29.8 Å². The van der Waals surface area contributed by atoms with E-state index in [1.165, 1.54) is 0 Å². The predicted molar refractivity (Wildman–Crippen MR) is 133 cm³/mol. The Kier molecular flexibility index (Phi) is 5.89. The molecule has 34 heavy (non-hydrogen) atoms. The summed E-state index contributed by atoms with van der Waals surface area (Å²) in [5.41, 5.74) is -2.94. The zero-order valence-electron chi connectivity index (χ0n) is 23.1. The van der Waals surface area contributed by atoms with E-state index in [2.05, 4.69) is 53.3 Å². The monoisotopic (exact) mass is 494 g/mol. The molecular formula is C27H46O6Si. The second kappa shape index (κ2) is 7.53. The van der Waals surface area contributed by atoms with E-state index in [1.807, 2.05) is 27.7 Å². The fourth-order valence-corrected chi connectivity index (χ4v) is 9.90. The van der Waals surface area contributed by atoms with Crippen LogP contribution in [-0.4, -0.2) is 60.6 Å². The molecule has 0 amide bonds. The molecule has 2 saturated heterocycles. The van der Waals surface area contributed by atoms with E-state index in [0.29, 0.717) is 0 Å². The van der Waals surface area contributed by atoms with E-state index in [-0.39, 0.29) is 30.0 Å². The van der Waals surface area contributed by atoms with Gasteiger partial charge in [0.05, 0.1) is 18.3 Å². The number of hydrogen-bond donors (Lipinski definition) is 1. The van der Waals surface area contributed by atoms with Crippen molar-refractivity contribution in [3.63, 3.8) is 0 Å². The van der Waals surface area contributed by atoms with E-state index in [9.17, 15) is 5.11 Å². The molecule has 0 aromatic carbocycles. The van der Waals surface area contributed by atoms with Gasteiger partial charge in [0.1, 0.15) is 17.3 Å². The quantitative estimate of drug-likeness (QED) is 0.445. The van der Waals surface area contributed by atoms with Gasteiger partial charge in [0, 0.05) is 17.8 Å². The van der Waals surface area contributed by atoms with Crippen molar-refractivity contribution in [2.45, 2.75) is 141 Å². The van der Waals surface area contributed by atoms with Crippen LogP contribution in [0.2, 0.25) is 19.6 Å². The summed E-state index contributed by atoms with van der Waals surface area (Å²) >= 11 is 0. The first-order valence-electron chi connectivity index (χ1n) is 12.8. The molecule has 0 radical (unpaired) electrons. The lowest BCUT2D eigenvalue weighted by Gasteiger charge is -2.75. The van der Waals surface area contributed by atoms with E-state index in [1.54, 1.807) is 0 Å². The predicted octanol–water partition coefficient (Wildman–Crippen LogP) is 4.85. The van der Waals surface area contributed by atoms with E-state index in [0.717, 1.165) is 12.8 Å². The number of ether oxygens (including phenoxy) is 4. The standard InChI is InChI=1S/C27H46O6Si/c1-13-14-17(28)27-25(8)18(29-24(6,7)32-27)15-16-22(2,3)20(25)19-21(31-23(4,5)30-19)26(27,9)33-34(10,11)12/h1,17-21,28H,14-16H2,2-12H3/t17?,18-,19-,20-,21-,25-,26+,27-/m0/s1. The summed E-state index contributed by atoms with van der Waals surface area (Å²) in [6.45, 7) is 23.2. The number of hydrogen-bond acceptors (Lipinski definition) is 6. The molecule has 0 spiro atoms. The Labute approximate surface area is 207 Å². The Morgan fingerprint density at radius 1 is 1.00 bits per heavy atom. The van der Waals surface area contributed by atoms with Gasteiger partial charge in [0.15, 0.2) is 19.9 Å². The van der Waals surface area contributed by atoms with Crippen molar-refractivity contribution in [3.8, 4) is 12.3 Å². The van der Waals surface area contributed by atoms with Crippen LogP contribution in [0.4, 0.5) is 0 Å². The molecule has 0 aromatic heterocycles. The van der Waals surface area contributed by atoms with Crippen molar-refractivity contribution in [1.82, 2.24) is 0 Å². The average Bonchev–Trinajstić information content (AvgIpc) is 2.95. The van der Waals surface area contributed by atoms with Crippen LogP contribution in [0.5, 0.6) is 0 Å². The van der Waals surface area contributed by atoms with Crippen molar-refractivity contribution in [3.05, 3.63) is 0 Å². The van der Waals surface area contributed by atoms with Gasteiger partial charge in [-0.15, -0.1) is 12.3 Å².